The predicted molar refractivity (Wildman–Crippen MR) is 79.6 cm³/mol. The highest BCUT2D eigenvalue weighted by atomic mass is 19.1. The van der Waals surface area contributed by atoms with E-state index in [0.29, 0.717) is 25.4 Å². The molecule has 0 saturated heterocycles. The fourth-order valence-electron chi connectivity index (χ4n) is 2.02. The molecule has 1 aromatic carbocycles. The molecule has 0 bridgehead atoms. The number of rotatable bonds is 9. The summed E-state index contributed by atoms with van der Waals surface area (Å²) >= 11 is 0. The van der Waals surface area contributed by atoms with Crippen molar-refractivity contribution in [2.45, 2.75) is 19.4 Å². The van der Waals surface area contributed by atoms with Crippen molar-refractivity contribution < 1.29 is 13.9 Å². The van der Waals surface area contributed by atoms with Crippen LogP contribution in [0.25, 0.3) is 0 Å². The topological polar surface area (TPSA) is 47.7 Å². The third kappa shape index (κ3) is 5.07. The van der Waals surface area contributed by atoms with Gasteiger partial charge in [-0.25, -0.2) is 4.39 Å². The molecule has 0 saturated carbocycles. The zero-order valence-electron chi connectivity index (χ0n) is 12.6. The molecule has 0 aliphatic carbocycles. The molecule has 0 aliphatic rings. The summed E-state index contributed by atoms with van der Waals surface area (Å²) < 4.78 is 24.4. The van der Waals surface area contributed by atoms with Crippen LogP contribution >= 0.6 is 0 Å². The fourth-order valence-corrected chi connectivity index (χ4v) is 2.02. The number of nitrogens with zero attached hydrogens (tertiary/aromatic N) is 1. The Morgan fingerprint density at radius 1 is 1.20 bits per heavy atom. The molecular weight excluding hydrogens is 259 g/mol. The van der Waals surface area contributed by atoms with Crippen LogP contribution < -0.4 is 10.6 Å². The van der Waals surface area contributed by atoms with Crippen LogP contribution in [0.3, 0.4) is 0 Å². The van der Waals surface area contributed by atoms with Crippen LogP contribution in [0, 0.1) is 5.82 Å². The number of anilines is 1. The Hall–Kier alpha value is -1.17. The Labute approximate surface area is 120 Å². The van der Waals surface area contributed by atoms with Gasteiger partial charge in [0.15, 0.2) is 0 Å². The quantitative estimate of drug-likeness (QED) is 0.707. The smallest absolute Gasteiger partial charge is 0.146 e. The van der Waals surface area contributed by atoms with Gasteiger partial charge in [0.2, 0.25) is 0 Å². The van der Waals surface area contributed by atoms with Gasteiger partial charge in [-0.2, -0.15) is 0 Å². The van der Waals surface area contributed by atoms with Gasteiger partial charge in [-0.05, 0) is 31.0 Å². The summed E-state index contributed by atoms with van der Waals surface area (Å²) in [5, 5.41) is 0. The molecule has 0 aromatic heterocycles. The molecule has 0 amide bonds. The second kappa shape index (κ2) is 8.89. The first kappa shape index (κ1) is 16.9. The average molecular weight is 284 g/mol. The average Bonchev–Trinajstić information content (AvgIpc) is 2.43. The lowest BCUT2D eigenvalue weighted by molar-refractivity contribution is 0.191. The molecular formula is C15H25FN2O2. The Morgan fingerprint density at radius 2 is 1.90 bits per heavy atom. The van der Waals surface area contributed by atoms with Crippen molar-refractivity contribution in [1.82, 2.24) is 0 Å². The summed E-state index contributed by atoms with van der Waals surface area (Å²) in [6, 6.07) is 5.01. The van der Waals surface area contributed by atoms with Crippen molar-refractivity contribution in [3.05, 3.63) is 29.6 Å². The van der Waals surface area contributed by atoms with Crippen molar-refractivity contribution >= 4 is 5.69 Å². The van der Waals surface area contributed by atoms with E-state index in [1.165, 1.54) is 6.07 Å². The molecule has 0 heterocycles. The van der Waals surface area contributed by atoms with Gasteiger partial charge in [-0.1, -0.05) is 6.07 Å². The van der Waals surface area contributed by atoms with E-state index in [0.717, 1.165) is 18.5 Å². The summed E-state index contributed by atoms with van der Waals surface area (Å²) in [6.07, 6.45) is 0.842. The maximum absolute atomic E-state index is 14.2. The van der Waals surface area contributed by atoms with Gasteiger partial charge in [0, 0.05) is 40.0 Å². The standard InChI is InChI=1S/C15H25FN2O2/c1-12(17)13-5-6-15(14(16)11-13)18(8-10-20-3)7-4-9-19-2/h5-6,11-12H,4,7-10,17H2,1-3H3/t12-/m1/s1. The number of halogens is 1. The second-order valence-electron chi connectivity index (χ2n) is 4.83. The van der Waals surface area contributed by atoms with E-state index in [1.807, 2.05) is 17.9 Å². The van der Waals surface area contributed by atoms with Crippen molar-refractivity contribution in [3.8, 4) is 0 Å². The maximum atomic E-state index is 14.2. The number of nitrogens with two attached hydrogens (primary N) is 1. The molecule has 0 aliphatic heterocycles. The van der Waals surface area contributed by atoms with E-state index in [2.05, 4.69) is 0 Å². The van der Waals surface area contributed by atoms with E-state index < -0.39 is 0 Å². The summed E-state index contributed by atoms with van der Waals surface area (Å²) in [7, 11) is 3.31. The Balaban J connectivity index is 2.82. The highest BCUT2D eigenvalue weighted by molar-refractivity contribution is 5.49. The third-order valence-electron chi connectivity index (χ3n) is 3.18. The molecule has 114 valence electrons. The molecule has 5 heteroatoms. The Morgan fingerprint density at radius 3 is 2.45 bits per heavy atom. The minimum atomic E-state index is -0.242. The van der Waals surface area contributed by atoms with Crippen LogP contribution in [0.15, 0.2) is 18.2 Å². The second-order valence-corrected chi connectivity index (χ2v) is 4.83. The normalized spacial score (nSPS) is 12.4. The molecule has 1 atom stereocenters. The van der Waals surface area contributed by atoms with Gasteiger partial charge >= 0.3 is 0 Å². The lowest BCUT2D eigenvalue weighted by Gasteiger charge is -2.25. The highest BCUT2D eigenvalue weighted by Gasteiger charge is 2.13. The van der Waals surface area contributed by atoms with Crippen molar-refractivity contribution in [1.29, 1.82) is 0 Å². The van der Waals surface area contributed by atoms with E-state index in [4.69, 9.17) is 15.2 Å². The predicted octanol–water partition coefficient (Wildman–Crippen LogP) is 2.33. The molecule has 0 fully saturated rings. The number of hydrogen-bond acceptors (Lipinski definition) is 4. The monoisotopic (exact) mass is 284 g/mol. The van der Waals surface area contributed by atoms with Crippen molar-refractivity contribution in [2.24, 2.45) is 5.73 Å². The van der Waals surface area contributed by atoms with E-state index in [9.17, 15) is 4.39 Å². The molecule has 1 aromatic rings. The van der Waals surface area contributed by atoms with Crippen LogP contribution in [0.5, 0.6) is 0 Å². The molecule has 2 N–H and O–H groups in total. The minimum Gasteiger partial charge on any atom is -0.385 e. The van der Waals surface area contributed by atoms with Gasteiger partial charge in [-0.3, -0.25) is 0 Å². The van der Waals surface area contributed by atoms with E-state index in [-0.39, 0.29) is 11.9 Å². The van der Waals surface area contributed by atoms with Crippen LogP contribution in [0.4, 0.5) is 10.1 Å². The van der Waals surface area contributed by atoms with Gasteiger partial charge in [0.1, 0.15) is 5.82 Å². The highest BCUT2D eigenvalue weighted by Crippen LogP contribution is 2.23. The SMILES string of the molecule is COCCCN(CCOC)c1ccc([C@@H](C)N)cc1F. The summed E-state index contributed by atoms with van der Waals surface area (Å²) in [6.45, 7) is 4.43. The van der Waals surface area contributed by atoms with Gasteiger partial charge < -0.3 is 20.1 Å². The summed E-state index contributed by atoms with van der Waals surface area (Å²) in [5.74, 6) is -0.242. The summed E-state index contributed by atoms with van der Waals surface area (Å²) in [5.41, 5.74) is 7.16. The van der Waals surface area contributed by atoms with Crippen LogP contribution in [-0.2, 0) is 9.47 Å². The number of methoxy groups -OCH3 is 2. The molecule has 1 rings (SSSR count). The van der Waals surface area contributed by atoms with E-state index in [1.54, 1.807) is 20.3 Å². The molecule has 0 radical (unpaired) electrons. The van der Waals surface area contributed by atoms with Crippen molar-refractivity contribution in [2.75, 3.05) is 45.4 Å². The van der Waals surface area contributed by atoms with Gasteiger partial charge in [-0.15, -0.1) is 0 Å². The zero-order valence-corrected chi connectivity index (χ0v) is 12.6. The number of hydrogen-bond donors (Lipinski definition) is 1. The van der Waals surface area contributed by atoms with E-state index >= 15 is 0 Å². The molecule has 20 heavy (non-hydrogen) atoms. The first-order chi connectivity index (χ1) is 9.60. The Kier molecular flexibility index (Phi) is 7.51. The van der Waals surface area contributed by atoms with Gasteiger partial charge in [0.05, 0.1) is 12.3 Å². The first-order valence-corrected chi connectivity index (χ1v) is 6.88. The summed E-state index contributed by atoms with van der Waals surface area (Å²) in [4.78, 5) is 1.98. The zero-order chi connectivity index (χ0) is 15.0. The lowest BCUT2D eigenvalue weighted by Crippen LogP contribution is -2.30. The first-order valence-electron chi connectivity index (χ1n) is 6.88. The van der Waals surface area contributed by atoms with Crippen LogP contribution in [0.1, 0.15) is 24.9 Å². The molecule has 4 nitrogen and oxygen atoms in total. The minimum absolute atomic E-state index is 0.167. The van der Waals surface area contributed by atoms with Crippen LogP contribution in [0.2, 0.25) is 0 Å². The number of benzene rings is 1. The number of ether oxygens (including phenoxy) is 2. The largest absolute Gasteiger partial charge is 0.385 e. The Bertz CT molecular complexity index is 399. The fraction of sp³-hybridized carbons (Fsp3) is 0.600. The molecule has 0 unspecified atom stereocenters. The third-order valence-corrected chi connectivity index (χ3v) is 3.18. The maximum Gasteiger partial charge on any atom is 0.146 e. The molecule has 0 spiro atoms. The van der Waals surface area contributed by atoms with Gasteiger partial charge in [0.25, 0.3) is 0 Å². The lowest BCUT2D eigenvalue weighted by atomic mass is 10.1. The van der Waals surface area contributed by atoms with Crippen molar-refractivity contribution in [3.63, 3.8) is 0 Å². The van der Waals surface area contributed by atoms with Crippen LogP contribution in [-0.4, -0.2) is 40.5 Å².